The van der Waals surface area contributed by atoms with Gasteiger partial charge in [-0.2, -0.15) is 0 Å². The lowest BCUT2D eigenvalue weighted by Gasteiger charge is -2.19. The maximum atomic E-state index is 9.99. The van der Waals surface area contributed by atoms with Crippen molar-refractivity contribution in [3.05, 3.63) is 29.8 Å². The predicted molar refractivity (Wildman–Crippen MR) is 76.0 cm³/mol. The van der Waals surface area contributed by atoms with Gasteiger partial charge in [0.15, 0.2) is 0 Å². The lowest BCUT2D eigenvalue weighted by molar-refractivity contribution is 0.156. The smallest absolute Gasteiger partial charge is 0.118 e. The minimum atomic E-state index is -0.235. The molecular weight excluding hydrogens is 224 g/mol. The van der Waals surface area contributed by atoms with Crippen molar-refractivity contribution in [1.82, 2.24) is 0 Å². The molecule has 0 radical (unpaired) electrons. The molecule has 0 bridgehead atoms. The summed E-state index contributed by atoms with van der Waals surface area (Å²) in [5, 5.41) is 9.99. The van der Waals surface area contributed by atoms with E-state index in [4.69, 9.17) is 4.74 Å². The minimum absolute atomic E-state index is 0.235. The average Bonchev–Trinajstić information content (AvgIpc) is 2.28. The molecule has 0 aromatic heterocycles. The fraction of sp³-hybridized carbons (Fsp3) is 0.625. The zero-order valence-corrected chi connectivity index (χ0v) is 12.1. The molecule has 0 spiro atoms. The fourth-order valence-corrected chi connectivity index (χ4v) is 2.00. The number of rotatable bonds is 6. The van der Waals surface area contributed by atoms with Gasteiger partial charge in [0.25, 0.3) is 0 Å². The van der Waals surface area contributed by atoms with Gasteiger partial charge in [0.1, 0.15) is 5.75 Å². The van der Waals surface area contributed by atoms with E-state index < -0.39 is 0 Å². The van der Waals surface area contributed by atoms with E-state index in [-0.39, 0.29) is 6.10 Å². The Kier molecular flexibility index (Phi) is 5.67. The second kappa shape index (κ2) is 6.79. The van der Waals surface area contributed by atoms with Gasteiger partial charge < -0.3 is 9.84 Å². The van der Waals surface area contributed by atoms with E-state index in [1.165, 1.54) is 5.56 Å². The van der Waals surface area contributed by atoms with E-state index in [1.807, 2.05) is 24.3 Å². The Morgan fingerprint density at radius 1 is 1.17 bits per heavy atom. The SMILES string of the molecule is COc1ccc(CC(O)CCCC(C)(C)C)cc1. The molecule has 1 atom stereocenters. The van der Waals surface area contributed by atoms with E-state index in [1.54, 1.807) is 7.11 Å². The summed E-state index contributed by atoms with van der Waals surface area (Å²) in [5.74, 6) is 0.862. The van der Waals surface area contributed by atoms with Crippen LogP contribution >= 0.6 is 0 Å². The molecule has 0 aliphatic heterocycles. The highest BCUT2D eigenvalue weighted by atomic mass is 16.5. The topological polar surface area (TPSA) is 29.5 Å². The van der Waals surface area contributed by atoms with Gasteiger partial charge in [-0.05, 0) is 42.4 Å². The molecule has 0 heterocycles. The molecule has 0 aliphatic rings. The molecule has 1 N–H and O–H groups in total. The second-order valence-electron chi connectivity index (χ2n) is 6.16. The van der Waals surface area contributed by atoms with Gasteiger partial charge in [-0.25, -0.2) is 0 Å². The largest absolute Gasteiger partial charge is 0.497 e. The first-order chi connectivity index (χ1) is 8.40. The standard InChI is InChI=1S/C16H26O2/c1-16(2,3)11-5-6-14(17)12-13-7-9-15(18-4)10-8-13/h7-10,14,17H,5-6,11-12H2,1-4H3. The van der Waals surface area contributed by atoms with E-state index >= 15 is 0 Å². The van der Waals surface area contributed by atoms with E-state index in [2.05, 4.69) is 20.8 Å². The molecule has 2 heteroatoms. The van der Waals surface area contributed by atoms with Crippen LogP contribution in [0.3, 0.4) is 0 Å². The van der Waals surface area contributed by atoms with Crippen molar-refractivity contribution in [2.75, 3.05) is 7.11 Å². The van der Waals surface area contributed by atoms with Crippen molar-refractivity contribution < 1.29 is 9.84 Å². The Hall–Kier alpha value is -1.02. The lowest BCUT2D eigenvalue weighted by atomic mass is 9.89. The second-order valence-corrected chi connectivity index (χ2v) is 6.16. The molecular formula is C16H26O2. The summed E-state index contributed by atoms with van der Waals surface area (Å²) in [5.41, 5.74) is 1.53. The summed E-state index contributed by atoms with van der Waals surface area (Å²) in [6.45, 7) is 6.72. The molecule has 1 unspecified atom stereocenters. The average molecular weight is 250 g/mol. The number of hydrogen-bond acceptors (Lipinski definition) is 2. The number of aliphatic hydroxyl groups excluding tert-OH is 1. The van der Waals surface area contributed by atoms with E-state index in [0.717, 1.165) is 31.4 Å². The van der Waals surface area contributed by atoms with Crippen molar-refractivity contribution in [2.45, 2.75) is 52.6 Å². The number of ether oxygens (including phenoxy) is 1. The Morgan fingerprint density at radius 2 is 1.78 bits per heavy atom. The van der Waals surface area contributed by atoms with Crippen LogP contribution in [0, 0.1) is 5.41 Å². The van der Waals surface area contributed by atoms with Gasteiger partial charge in [-0.1, -0.05) is 39.3 Å². The number of methoxy groups -OCH3 is 1. The molecule has 0 fully saturated rings. The van der Waals surface area contributed by atoms with Crippen LogP contribution in [-0.2, 0) is 6.42 Å². The Labute approximate surface area is 111 Å². The summed E-state index contributed by atoms with van der Waals surface area (Å²) >= 11 is 0. The summed E-state index contributed by atoms with van der Waals surface area (Å²) in [4.78, 5) is 0. The highest BCUT2D eigenvalue weighted by Gasteiger charge is 2.12. The third-order valence-electron chi connectivity index (χ3n) is 3.09. The first-order valence-electron chi connectivity index (χ1n) is 6.72. The fourth-order valence-electron chi connectivity index (χ4n) is 2.00. The van der Waals surface area contributed by atoms with Gasteiger partial charge >= 0.3 is 0 Å². The molecule has 1 aromatic carbocycles. The van der Waals surface area contributed by atoms with Gasteiger partial charge in [-0.3, -0.25) is 0 Å². The Morgan fingerprint density at radius 3 is 2.28 bits per heavy atom. The molecule has 0 saturated heterocycles. The lowest BCUT2D eigenvalue weighted by Crippen LogP contribution is -2.12. The van der Waals surface area contributed by atoms with Crippen LogP contribution in [0.25, 0.3) is 0 Å². The monoisotopic (exact) mass is 250 g/mol. The molecule has 1 rings (SSSR count). The zero-order valence-electron chi connectivity index (χ0n) is 12.1. The van der Waals surface area contributed by atoms with Crippen molar-refractivity contribution in [3.8, 4) is 5.75 Å². The Bertz CT molecular complexity index is 335. The van der Waals surface area contributed by atoms with Crippen LogP contribution in [0.15, 0.2) is 24.3 Å². The van der Waals surface area contributed by atoms with E-state index in [9.17, 15) is 5.11 Å². The van der Waals surface area contributed by atoms with Crippen LogP contribution in [0.2, 0.25) is 0 Å². The summed E-state index contributed by atoms with van der Waals surface area (Å²) in [7, 11) is 1.66. The van der Waals surface area contributed by atoms with Gasteiger partial charge in [0, 0.05) is 0 Å². The van der Waals surface area contributed by atoms with Crippen molar-refractivity contribution >= 4 is 0 Å². The van der Waals surface area contributed by atoms with Gasteiger partial charge in [0.2, 0.25) is 0 Å². The first-order valence-corrected chi connectivity index (χ1v) is 6.72. The third-order valence-corrected chi connectivity index (χ3v) is 3.09. The van der Waals surface area contributed by atoms with Gasteiger partial charge in [0.05, 0.1) is 13.2 Å². The highest BCUT2D eigenvalue weighted by Crippen LogP contribution is 2.22. The number of aliphatic hydroxyl groups is 1. The maximum absolute atomic E-state index is 9.99. The van der Waals surface area contributed by atoms with Crippen molar-refractivity contribution in [2.24, 2.45) is 5.41 Å². The molecule has 0 aliphatic carbocycles. The van der Waals surface area contributed by atoms with Gasteiger partial charge in [-0.15, -0.1) is 0 Å². The highest BCUT2D eigenvalue weighted by molar-refractivity contribution is 5.27. The van der Waals surface area contributed by atoms with Crippen LogP contribution in [0.4, 0.5) is 0 Å². The van der Waals surface area contributed by atoms with Crippen LogP contribution in [0.1, 0.15) is 45.6 Å². The number of hydrogen-bond donors (Lipinski definition) is 1. The zero-order chi connectivity index (χ0) is 13.6. The molecule has 0 amide bonds. The van der Waals surface area contributed by atoms with Crippen LogP contribution < -0.4 is 4.74 Å². The minimum Gasteiger partial charge on any atom is -0.497 e. The van der Waals surface area contributed by atoms with E-state index in [0.29, 0.717) is 5.41 Å². The third kappa shape index (κ3) is 6.06. The Balaban J connectivity index is 2.32. The molecule has 102 valence electrons. The first kappa shape index (κ1) is 15.0. The summed E-state index contributed by atoms with van der Waals surface area (Å²) in [6, 6.07) is 7.92. The molecule has 18 heavy (non-hydrogen) atoms. The summed E-state index contributed by atoms with van der Waals surface area (Å²) in [6.07, 6.45) is 3.62. The van der Waals surface area contributed by atoms with Crippen molar-refractivity contribution in [3.63, 3.8) is 0 Å². The molecule has 2 nitrogen and oxygen atoms in total. The molecule has 1 aromatic rings. The normalized spacial score (nSPS) is 13.4. The predicted octanol–water partition coefficient (Wildman–Crippen LogP) is 3.82. The van der Waals surface area contributed by atoms with Crippen molar-refractivity contribution in [1.29, 1.82) is 0 Å². The number of benzene rings is 1. The molecule has 0 saturated carbocycles. The van der Waals surface area contributed by atoms with Crippen LogP contribution in [0.5, 0.6) is 5.75 Å². The quantitative estimate of drug-likeness (QED) is 0.831. The van der Waals surface area contributed by atoms with Crippen LogP contribution in [-0.4, -0.2) is 18.3 Å². The maximum Gasteiger partial charge on any atom is 0.118 e. The summed E-state index contributed by atoms with van der Waals surface area (Å²) < 4.78 is 5.11.